The first-order valence-electron chi connectivity index (χ1n) is 7.77. The van der Waals surface area contributed by atoms with Gasteiger partial charge in [-0.2, -0.15) is 5.10 Å². The van der Waals surface area contributed by atoms with Crippen LogP contribution in [-0.4, -0.2) is 26.1 Å². The topological polar surface area (TPSA) is 83.6 Å². The number of amides is 1. The predicted octanol–water partition coefficient (Wildman–Crippen LogP) is 3.58. The van der Waals surface area contributed by atoms with Gasteiger partial charge in [0, 0.05) is 17.7 Å². The number of carbonyl (C=O) groups excluding carboxylic acids is 1. The molecule has 0 saturated heterocycles. The number of aromatic amines is 1. The maximum Gasteiger partial charge on any atom is 0.229 e. The molecule has 1 aliphatic rings. The normalized spacial score (nSPS) is 14.3. The van der Waals surface area contributed by atoms with Crippen LogP contribution < -0.4 is 5.32 Å². The molecular formula is C17H13N5OS. The van der Waals surface area contributed by atoms with Crippen LogP contribution in [0.25, 0.3) is 32.4 Å². The minimum atomic E-state index is 0.0863. The first kappa shape index (κ1) is 13.6. The fourth-order valence-electron chi connectivity index (χ4n) is 2.70. The van der Waals surface area contributed by atoms with Gasteiger partial charge in [-0.15, -0.1) is 0 Å². The maximum atomic E-state index is 11.9. The molecule has 1 amide bonds. The number of fused-ring (bicyclic) bond motifs is 2. The van der Waals surface area contributed by atoms with Gasteiger partial charge >= 0.3 is 0 Å². The van der Waals surface area contributed by atoms with Crippen LogP contribution in [0.4, 0.5) is 5.13 Å². The van der Waals surface area contributed by atoms with Crippen LogP contribution in [0.15, 0.2) is 36.7 Å². The fourth-order valence-corrected chi connectivity index (χ4v) is 3.61. The van der Waals surface area contributed by atoms with Crippen LogP contribution in [-0.2, 0) is 4.79 Å². The van der Waals surface area contributed by atoms with Crippen molar-refractivity contribution in [1.29, 1.82) is 0 Å². The maximum absolute atomic E-state index is 11.9. The zero-order valence-corrected chi connectivity index (χ0v) is 13.4. The monoisotopic (exact) mass is 335 g/mol. The van der Waals surface area contributed by atoms with Gasteiger partial charge in [0.05, 0.1) is 21.9 Å². The summed E-state index contributed by atoms with van der Waals surface area (Å²) in [6, 6.07) is 8.12. The molecule has 118 valence electrons. The van der Waals surface area contributed by atoms with E-state index in [1.54, 1.807) is 6.20 Å². The number of hydrogen-bond acceptors (Lipinski definition) is 5. The molecule has 24 heavy (non-hydrogen) atoms. The van der Waals surface area contributed by atoms with Crippen LogP contribution >= 0.6 is 11.3 Å². The lowest BCUT2D eigenvalue weighted by Gasteiger charge is -2.01. The number of carbonyl (C=O) groups is 1. The third-order valence-corrected chi connectivity index (χ3v) is 5.12. The molecule has 3 heterocycles. The first-order chi connectivity index (χ1) is 11.8. The standard InChI is InChI=1S/C17H13N5OS/c23-16(9-1-2-9)21-17-20-12-4-3-10(6-15(12)24-17)11-5-13-14(18-7-11)8-19-22-13/h3-9H,1-2H2,(H,19,22)(H,20,21,23). The Labute approximate surface area is 140 Å². The van der Waals surface area contributed by atoms with Crippen LogP contribution in [0.1, 0.15) is 12.8 Å². The number of thiazole rings is 1. The number of pyridine rings is 1. The molecule has 0 bridgehead atoms. The van der Waals surface area contributed by atoms with Crippen molar-refractivity contribution < 1.29 is 4.79 Å². The van der Waals surface area contributed by atoms with E-state index in [1.807, 2.05) is 24.4 Å². The number of rotatable bonds is 3. The minimum absolute atomic E-state index is 0.0863. The Morgan fingerprint density at radius 3 is 2.96 bits per heavy atom. The summed E-state index contributed by atoms with van der Waals surface area (Å²) in [6.07, 6.45) is 5.53. The highest BCUT2D eigenvalue weighted by Gasteiger charge is 2.30. The molecule has 1 fully saturated rings. The number of nitrogens with zero attached hydrogens (tertiary/aromatic N) is 3. The highest BCUT2D eigenvalue weighted by molar-refractivity contribution is 7.22. The molecule has 0 spiro atoms. The fraction of sp³-hybridized carbons (Fsp3) is 0.176. The molecule has 7 heteroatoms. The lowest BCUT2D eigenvalue weighted by atomic mass is 10.1. The van der Waals surface area contributed by atoms with Crippen LogP contribution in [0, 0.1) is 5.92 Å². The second-order valence-electron chi connectivity index (χ2n) is 5.99. The second kappa shape index (κ2) is 5.10. The highest BCUT2D eigenvalue weighted by Crippen LogP contribution is 2.33. The van der Waals surface area contributed by atoms with Gasteiger partial charge in [-0.1, -0.05) is 17.4 Å². The lowest BCUT2D eigenvalue weighted by Crippen LogP contribution is -2.12. The summed E-state index contributed by atoms with van der Waals surface area (Å²) in [7, 11) is 0. The molecular weight excluding hydrogens is 322 g/mol. The van der Waals surface area contributed by atoms with E-state index in [9.17, 15) is 4.79 Å². The molecule has 1 aliphatic carbocycles. The number of hydrogen-bond donors (Lipinski definition) is 2. The van der Waals surface area contributed by atoms with Gasteiger partial charge < -0.3 is 5.32 Å². The summed E-state index contributed by atoms with van der Waals surface area (Å²) < 4.78 is 1.04. The van der Waals surface area contributed by atoms with Gasteiger partial charge in [0.25, 0.3) is 0 Å². The van der Waals surface area contributed by atoms with Crippen molar-refractivity contribution in [3.05, 3.63) is 36.7 Å². The third kappa shape index (κ3) is 2.33. The number of benzene rings is 1. The SMILES string of the molecule is O=C(Nc1nc2ccc(-c3cnc4cn[nH]c4c3)cc2s1)C1CC1. The summed E-state index contributed by atoms with van der Waals surface area (Å²) in [5, 5.41) is 10.5. The Kier molecular flexibility index (Phi) is 2.90. The Hall–Kier alpha value is -2.80. The predicted molar refractivity (Wildman–Crippen MR) is 93.9 cm³/mol. The molecule has 0 radical (unpaired) electrons. The molecule has 0 aliphatic heterocycles. The Bertz CT molecular complexity index is 1080. The number of nitrogens with one attached hydrogen (secondary N) is 2. The largest absolute Gasteiger partial charge is 0.302 e. The third-order valence-electron chi connectivity index (χ3n) is 4.19. The van der Waals surface area contributed by atoms with Crippen LogP contribution in [0.3, 0.4) is 0 Å². The van der Waals surface area contributed by atoms with Gasteiger partial charge in [-0.3, -0.25) is 14.9 Å². The van der Waals surface area contributed by atoms with Gasteiger partial charge in [-0.25, -0.2) is 4.98 Å². The molecule has 6 nitrogen and oxygen atoms in total. The summed E-state index contributed by atoms with van der Waals surface area (Å²) in [5.74, 6) is 0.267. The van der Waals surface area contributed by atoms with E-state index in [-0.39, 0.29) is 11.8 Å². The molecule has 5 rings (SSSR count). The lowest BCUT2D eigenvalue weighted by molar-refractivity contribution is -0.117. The smallest absolute Gasteiger partial charge is 0.229 e. The molecule has 3 aromatic heterocycles. The van der Waals surface area contributed by atoms with Crippen molar-refractivity contribution in [2.45, 2.75) is 12.8 Å². The zero-order valence-electron chi connectivity index (χ0n) is 12.6. The molecule has 0 atom stereocenters. The van der Waals surface area contributed by atoms with Gasteiger partial charge in [0.2, 0.25) is 5.91 Å². The zero-order chi connectivity index (χ0) is 16.1. The second-order valence-corrected chi connectivity index (χ2v) is 7.02. The van der Waals surface area contributed by atoms with E-state index in [0.717, 1.165) is 45.2 Å². The van der Waals surface area contributed by atoms with E-state index in [1.165, 1.54) is 11.3 Å². The molecule has 4 aromatic rings. The van der Waals surface area contributed by atoms with E-state index in [4.69, 9.17) is 0 Å². The first-order valence-corrected chi connectivity index (χ1v) is 8.59. The molecule has 0 unspecified atom stereocenters. The summed E-state index contributed by atoms with van der Waals surface area (Å²) in [4.78, 5) is 20.8. The molecule has 1 saturated carbocycles. The van der Waals surface area contributed by atoms with Gasteiger partial charge in [-0.05, 0) is 36.6 Å². The van der Waals surface area contributed by atoms with E-state index in [0.29, 0.717) is 5.13 Å². The van der Waals surface area contributed by atoms with Gasteiger partial charge in [0.1, 0.15) is 5.52 Å². The van der Waals surface area contributed by atoms with Crippen molar-refractivity contribution in [2.24, 2.45) is 5.92 Å². The van der Waals surface area contributed by atoms with E-state index >= 15 is 0 Å². The summed E-state index contributed by atoms with van der Waals surface area (Å²) >= 11 is 1.50. The van der Waals surface area contributed by atoms with Crippen molar-refractivity contribution in [1.82, 2.24) is 20.2 Å². The quantitative estimate of drug-likeness (QED) is 0.599. The highest BCUT2D eigenvalue weighted by atomic mass is 32.1. The summed E-state index contributed by atoms with van der Waals surface area (Å²) in [5.41, 5.74) is 4.74. The van der Waals surface area contributed by atoms with Crippen LogP contribution in [0.2, 0.25) is 0 Å². The van der Waals surface area contributed by atoms with Crippen molar-refractivity contribution in [2.75, 3.05) is 5.32 Å². The average Bonchev–Trinajstić information content (AvgIpc) is 3.21. The van der Waals surface area contributed by atoms with Crippen molar-refractivity contribution in [3.63, 3.8) is 0 Å². The number of anilines is 1. The Morgan fingerprint density at radius 1 is 1.17 bits per heavy atom. The minimum Gasteiger partial charge on any atom is -0.302 e. The van der Waals surface area contributed by atoms with E-state index < -0.39 is 0 Å². The number of aromatic nitrogens is 4. The Balaban J connectivity index is 1.51. The van der Waals surface area contributed by atoms with Crippen molar-refractivity contribution in [3.8, 4) is 11.1 Å². The Morgan fingerprint density at radius 2 is 2.08 bits per heavy atom. The molecule has 1 aromatic carbocycles. The number of H-pyrrole nitrogens is 1. The van der Waals surface area contributed by atoms with Crippen molar-refractivity contribution >= 4 is 43.6 Å². The van der Waals surface area contributed by atoms with Gasteiger partial charge in [0.15, 0.2) is 5.13 Å². The van der Waals surface area contributed by atoms with Crippen LogP contribution in [0.5, 0.6) is 0 Å². The molecule has 2 N–H and O–H groups in total. The summed E-state index contributed by atoms with van der Waals surface area (Å²) in [6.45, 7) is 0. The average molecular weight is 335 g/mol. The van der Waals surface area contributed by atoms with E-state index in [2.05, 4.69) is 31.5 Å².